The quantitative estimate of drug-likeness (QED) is 0.406. The smallest absolute Gasteiger partial charge is 0.121 e. The van der Waals surface area contributed by atoms with Crippen molar-refractivity contribution in [3.63, 3.8) is 0 Å². The third-order valence-corrected chi connectivity index (χ3v) is 6.06. The van der Waals surface area contributed by atoms with Crippen LogP contribution in [0.1, 0.15) is 56.0 Å². The van der Waals surface area contributed by atoms with Crippen molar-refractivity contribution >= 4 is 5.69 Å². The van der Waals surface area contributed by atoms with E-state index < -0.39 is 0 Å². The number of aryl methyl sites for hydroxylation is 2. The van der Waals surface area contributed by atoms with E-state index >= 15 is 0 Å². The maximum atomic E-state index is 10.4. The molecule has 3 heteroatoms. The van der Waals surface area contributed by atoms with Crippen LogP contribution >= 0.6 is 0 Å². The Morgan fingerprint density at radius 2 is 1.14 bits per heavy atom. The fourth-order valence-electron chi connectivity index (χ4n) is 4.06. The molecule has 146 valence electrons. The van der Waals surface area contributed by atoms with Gasteiger partial charge in [0.1, 0.15) is 11.5 Å². The van der Waals surface area contributed by atoms with Crippen molar-refractivity contribution < 1.29 is 10.2 Å². The number of benzene rings is 3. The lowest BCUT2D eigenvalue weighted by atomic mass is 9.78. The topological polar surface area (TPSA) is 66.5 Å². The molecule has 0 saturated heterocycles. The molecule has 0 aromatic heterocycles. The summed E-state index contributed by atoms with van der Waals surface area (Å²) in [5, 5.41) is 20.8. The first-order chi connectivity index (χ1) is 13.1. The van der Waals surface area contributed by atoms with E-state index in [1.54, 1.807) is 0 Å². The minimum absolute atomic E-state index is 0.0421. The van der Waals surface area contributed by atoms with Crippen LogP contribution in [0.2, 0.25) is 0 Å². The van der Waals surface area contributed by atoms with Crippen LogP contribution < -0.4 is 5.73 Å². The number of nitrogens with two attached hydrogens (primary N) is 1. The molecule has 28 heavy (non-hydrogen) atoms. The number of rotatable bonds is 3. The van der Waals surface area contributed by atoms with Gasteiger partial charge in [0.2, 0.25) is 0 Å². The zero-order valence-electron chi connectivity index (χ0n) is 17.5. The molecule has 3 aromatic rings. The van der Waals surface area contributed by atoms with Crippen molar-refractivity contribution in [2.24, 2.45) is 0 Å². The van der Waals surface area contributed by atoms with E-state index in [0.29, 0.717) is 11.5 Å². The van der Waals surface area contributed by atoms with Gasteiger partial charge >= 0.3 is 0 Å². The number of hydrogen-bond acceptors (Lipinski definition) is 3. The summed E-state index contributed by atoms with van der Waals surface area (Å²) in [6, 6.07) is 12.1. The summed E-state index contributed by atoms with van der Waals surface area (Å²) in [4.78, 5) is 0. The largest absolute Gasteiger partial charge is 0.507 e. The van der Waals surface area contributed by atoms with Gasteiger partial charge in [-0.15, -0.1) is 0 Å². The van der Waals surface area contributed by atoms with Gasteiger partial charge < -0.3 is 15.9 Å². The lowest BCUT2D eigenvalue weighted by molar-refractivity contribution is 0.465. The lowest BCUT2D eigenvalue weighted by Crippen LogP contribution is -2.10. The Hall–Kier alpha value is -2.94. The molecular weight excluding hydrogens is 346 g/mol. The summed E-state index contributed by atoms with van der Waals surface area (Å²) < 4.78 is 0. The van der Waals surface area contributed by atoms with Crippen molar-refractivity contribution in [2.45, 2.75) is 47.5 Å². The Balaban J connectivity index is 2.40. The van der Waals surface area contributed by atoms with Crippen LogP contribution in [-0.4, -0.2) is 10.2 Å². The minimum Gasteiger partial charge on any atom is -0.507 e. The molecule has 0 heterocycles. The van der Waals surface area contributed by atoms with E-state index in [1.165, 1.54) is 0 Å². The zero-order chi connectivity index (χ0) is 20.7. The summed E-state index contributed by atoms with van der Waals surface area (Å²) in [7, 11) is 0. The van der Waals surface area contributed by atoms with Crippen molar-refractivity contribution in [1.82, 2.24) is 0 Å². The first-order valence-corrected chi connectivity index (χ1v) is 9.58. The maximum Gasteiger partial charge on any atom is 0.121 e. The van der Waals surface area contributed by atoms with Crippen LogP contribution in [-0.2, 0) is 0 Å². The highest BCUT2D eigenvalue weighted by Crippen LogP contribution is 2.42. The van der Waals surface area contributed by atoms with Gasteiger partial charge in [-0.2, -0.15) is 0 Å². The van der Waals surface area contributed by atoms with Gasteiger partial charge in [-0.05, 0) is 104 Å². The number of aromatic hydroxyl groups is 2. The monoisotopic (exact) mass is 375 g/mol. The summed E-state index contributed by atoms with van der Waals surface area (Å²) in [5.74, 6) is 0.657. The highest BCUT2D eigenvalue weighted by molar-refractivity contribution is 5.60. The number of anilines is 1. The molecule has 3 aromatic carbocycles. The SMILES string of the molecule is Cc1cc(C(c2cccc(N)c2)c2cc(C)c(O)c(C)c2C)c(C)c(C)c1O. The predicted octanol–water partition coefficient (Wildman–Crippen LogP) is 5.71. The number of nitrogen functional groups attached to an aromatic ring is 1. The molecule has 0 radical (unpaired) electrons. The molecule has 0 aliphatic carbocycles. The van der Waals surface area contributed by atoms with Gasteiger partial charge in [0.15, 0.2) is 0 Å². The molecule has 0 aliphatic rings. The Kier molecular flexibility index (Phi) is 5.12. The Labute approximate surface area is 167 Å². The van der Waals surface area contributed by atoms with Gasteiger partial charge in [0.25, 0.3) is 0 Å². The van der Waals surface area contributed by atoms with E-state index in [4.69, 9.17) is 5.73 Å². The molecule has 4 N–H and O–H groups in total. The highest BCUT2D eigenvalue weighted by Gasteiger charge is 2.25. The third kappa shape index (κ3) is 3.22. The second-order valence-corrected chi connectivity index (χ2v) is 7.87. The maximum absolute atomic E-state index is 10.4. The average Bonchev–Trinajstić information content (AvgIpc) is 2.66. The summed E-state index contributed by atoms with van der Waals surface area (Å²) >= 11 is 0. The molecule has 0 atom stereocenters. The summed E-state index contributed by atoms with van der Waals surface area (Å²) in [6.07, 6.45) is 0. The van der Waals surface area contributed by atoms with Crippen LogP contribution in [0.15, 0.2) is 36.4 Å². The molecule has 0 unspecified atom stereocenters. The van der Waals surface area contributed by atoms with Gasteiger partial charge in [0, 0.05) is 11.6 Å². The van der Waals surface area contributed by atoms with Crippen LogP contribution in [0.5, 0.6) is 11.5 Å². The molecule has 0 spiro atoms. The van der Waals surface area contributed by atoms with Crippen LogP contribution in [0.3, 0.4) is 0 Å². The predicted molar refractivity (Wildman–Crippen MR) is 116 cm³/mol. The van der Waals surface area contributed by atoms with Crippen molar-refractivity contribution in [1.29, 1.82) is 0 Å². The Morgan fingerprint density at radius 3 is 1.57 bits per heavy atom. The van der Waals surface area contributed by atoms with Gasteiger partial charge in [-0.3, -0.25) is 0 Å². The standard InChI is InChI=1S/C25H29NO2/c1-13-10-21(15(3)17(5)24(13)27)23(19-8-7-9-20(26)12-19)22-11-14(2)25(28)18(6)16(22)4/h7-12,23,27-28H,26H2,1-6H3. The molecule has 0 fully saturated rings. The zero-order valence-corrected chi connectivity index (χ0v) is 17.5. The number of phenols is 2. The van der Waals surface area contributed by atoms with E-state index in [0.717, 1.165) is 55.8 Å². The van der Waals surface area contributed by atoms with E-state index in [2.05, 4.69) is 32.0 Å². The van der Waals surface area contributed by atoms with E-state index in [1.807, 2.05) is 45.9 Å². The molecule has 3 rings (SSSR count). The van der Waals surface area contributed by atoms with E-state index in [9.17, 15) is 10.2 Å². The van der Waals surface area contributed by atoms with Crippen molar-refractivity contribution in [3.8, 4) is 11.5 Å². The summed E-state index contributed by atoms with van der Waals surface area (Å²) in [5.41, 5.74) is 15.9. The number of phenolic OH excluding ortho intramolecular Hbond substituents is 2. The fourth-order valence-corrected chi connectivity index (χ4v) is 4.06. The second kappa shape index (κ2) is 7.23. The first kappa shape index (κ1) is 19.8. The summed E-state index contributed by atoms with van der Waals surface area (Å²) in [6.45, 7) is 11.9. The molecular formula is C25H29NO2. The lowest BCUT2D eigenvalue weighted by Gasteiger charge is -2.26. The average molecular weight is 376 g/mol. The highest BCUT2D eigenvalue weighted by atomic mass is 16.3. The first-order valence-electron chi connectivity index (χ1n) is 9.58. The third-order valence-electron chi connectivity index (χ3n) is 6.06. The van der Waals surface area contributed by atoms with Crippen molar-refractivity contribution in [2.75, 3.05) is 5.73 Å². The fraction of sp³-hybridized carbons (Fsp3) is 0.280. The molecule has 0 bridgehead atoms. The van der Waals surface area contributed by atoms with Crippen LogP contribution in [0.25, 0.3) is 0 Å². The molecule has 0 saturated carbocycles. The second-order valence-electron chi connectivity index (χ2n) is 7.87. The normalized spacial score (nSPS) is 11.2. The van der Waals surface area contributed by atoms with Crippen LogP contribution in [0, 0.1) is 41.5 Å². The van der Waals surface area contributed by atoms with Gasteiger partial charge in [-0.25, -0.2) is 0 Å². The molecule has 3 nitrogen and oxygen atoms in total. The van der Waals surface area contributed by atoms with Gasteiger partial charge in [0.05, 0.1) is 0 Å². The minimum atomic E-state index is -0.0421. The Bertz CT molecular complexity index is 1000. The number of hydrogen-bond donors (Lipinski definition) is 3. The molecule has 0 aliphatic heterocycles. The molecule has 0 amide bonds. The van der Waals surface area contributed by atoms with Crippen molar-refractivity contribution in [3.05, 3.63) is 86.5 Å². The Morgan fingerprint density at radius 1 is 0.679 bits per heavy atom. The van der Waals surface area contributed by atoms with Gasteiger partial charge in [-0.1, -0.05) is 24.3 Å². The van der Waals surface area contributed by atoms with Crippen LogP contribution in [0.4, 0.5) is 5.69 Å². The van der Waals surface area contributed by atoms with E-state index in [-0.39, 0.29) is 5.92 Å².